The van der Waals surface area contributed by atoms with Gasteiger partial charge in [-0.2, -0.15) is 0 Å². The summed E-state index contributed by atoms with van der Waals surface area (Å²) in [5.41, 5.74) is 2.10. The number of aryl methyl sites for hydroxylation is 1. The molecule has 3 nitrogen and oxygen atoms in total. The summed E-state index contributed by atoms with van der Waals surface area (Å²) >= 11 is 0. The average molecular weight is 263 g/mol. The van der Waals surface area contributed by atoms with Gasteiger partial charge in [0.25, 0.3) is 0 Å². The van der Waals surface area contributed by atoms with Crippen LogP contribution in [0.2, 0.25) is 0 Å². The number of nitrogens with zero attached hydrogens (tertiary/aromatic N) is 1. The maximum atomic E-state index is 11.1. The average Bonchev–Trinajstić information content (AvgIpc) is 2.35. The van der Waals surface area contributed by atoms with Crippen LogP contribution < -0.4 is 0 Å². The topological polar surface area (TPSA) is 29.5 Å². The number of amides is 1. The standard InChI is InChI=1S/C16H25NO2/c1-5-6-9-14-10-7-8-11-15(14)12-17(13-18)19-16(2,3)4/h7-8,10-11,13H,5-6,9,12H2,1-4H3. The Kier molecular flexibility index (Phi) is 6.03. The summed E-state index contributed by atoms with van der Waals surface area (Å²) in [7, 11) is 0. The van der Waals surface area contributed by atoms with Gasteiger partial charge < -0.3 is 0 Å². The molecule has 0 saturated heterocycles. The van der Waals surface area contributed by atoms with Gasteiger partial charge in [-0.15, -0.1) is 0 Å². The smallest absolute Gasteiger partial charge is 0.233 e. The van der Waals surface area contributed by atoms with E-state index >= 15 is 0 Å². The van der Waals surface area contributed by atoms with Crippen molar-refractivity contribution in [3.8, 4) is 0 Å². The van der Waals surface area contributed by atoms with Crippen molar-refractivity contribution in [2.75, 3.05) is 0 Å². The molecule has 3 heteroatoms. The van der Waals surface area contributed by atoms with Crippen LogP contribution in [0.15, 0.2) is 24.3 Å². The minimum atomic E-state index is -0.362. The fourth-order valence-corrected chi connectivity index (χ4v) is 1.93. The van der Waals surface area contributed by atoms with Crippen LogP contribution in [0.5, 0.6) is 0 Å². The Balaban J connectivity index is 2.76. The first-order valence-corrected chi connectivity index (χ1v) is 6.94. The van der Waals surface area contributed by atoms with Crippen molar-refractivity contribution in [1.29, 1.82) is 0 Å². The van der Waals surface area contributed by atoms with Crippen molar-refractivity contribution in [3.63, 3.8) is 0 Å². The molecule has 0 heterocycles. The van der Waals surface area contributed by atoms with Gasteiger partial charge >= 0.3 is 0 Å². The Morgan fingerprint density at radius 3 is 2.37 bits per heavy atom. The van der Waals surface area contributed by atoms with Crippen molar-refractivity contribution in [3.05, 3.63) is 35.4 Å². The van der Waals surface area contributed by atoms with E-state index < -0.39 is 0 Å². The van der Waals surface area contributed by atoms with Gasteiger partial charge in [0.2, 0.25) is 6.41 Å². The Hall–Kier alpha value is -1.35. The first-order chi connectivity index (χ1) is 8.96. The van der Waals surface area contributed by atoms with E-state index in [0.717, 1.165) is 24.8 Å². The van der Waals surface area contributed by atoms with E-state index in [0.29, 0.717) is 6.54 Å². The third kappa shape index (κ3) is 5.88. The van der Waals surface area contributed by atoms with E-state index in [9.17, 15) is 4.79 Å². The zero-order valence-electron chi connectivity index (χ0n) is 12.5. The lowest BCUT2D eigenvalue weighted by Gasteiger charge is -2.27. The van der Waals surface area contributed by atoms with Gasteiger partial charge in [-0.05, 0) is 44.7 Å². The molecule has 0 saturated carbocycles. The molecule has 1 aromatic rings. The first kappa shape index (κ1) is 15.7. The van der Waals surface area contributed by atoms with Crippen LogP contribution in [0.25, 0.3) is 0 Å². The number of benzene rings is 1. The molecule has 0 spiro atoms. The number of rotatable bonds is 7. The predicted octanol–water partition coefficient (Wildman–Crippen LogP) is 3.72. The first-order valence-electron chi connectivity index (χ1n) is 6.94. The summed E-state index contributed by atoms with van der Waals surface area (Å²) < 4.78 is 0. The molecule has 0 bridgehead atoms. The monoisotopic (exact) mass is 263 g/mol. The Morgan fingerprint density at radius 1 is 1.21 bits per heavy atom. The summed E-state index contributed by atoms with van der Waals surface area (Å²) in [6.45, 7) is 8.50. The maximum absolute atomic E-state index is 11.1. The van der Waals surface area contributed by atoms with Crippen molar-refractivity contribution in [2.24, 2.45) is 0 Å². The summed E-state index contributed by atoms with van der Waals surface area (Å²) in [6.07, 6.45) is 4.14. The van der Waals surface area contributed by atoms with Gasteiger partial charge in [0.15, 0.2) is 0 Å². The van der Waals surface area contributed by atoms with Crippen LogP contribution in [-0.4, -0.2) is 17.1 Å². The molecule has 0 aliphatic carbocycles. The molecule has 1 aromatic carbocycles. The lowest BCUT2D eigenvalue weighted by Crippen LogP contribution is -2.32. The minimum absolute atomic E-state index is 0.362. The van der Waals surface area contributed by atoms with E-state index in [1.165, 1.54) is 17.0 Å². The molecule has 0 unspecified atom stereocenters. The number of carbonyl (C=O) groups is 1. The molecule has 0 aliphatic rings. The third-order valence-corrected chi connectivity index (χ3v) is 2.75. The highest BCUT2D eigenvalue weighted by Gasteiger charge is 2.17. The molecule has 0 atom stereocenters. The molecule has 0 aliphatic heterocycles. The van der Waals surface area contributed by atoms with Crippen LogP contribution in [0.3, 0.4) is 0 Å². The van der Waals surface area contributed by atoms with Crippen molar-refractivity contribution in [1.82, 2.24) is 5.06 Å². The van der Waals surface area contributed by atoms with E-state index in [1.807, 2.05) is 32.9 Å². The zero-order valence-corrected chi connectivity index (χ0v) is 12.5. The Morgan fingerprint density at radius 2 is 1.84 bits per heavy atom. The molecule has 106 valence electrons. The molecule has 0 radical (unpaired) electrons. The Labute approximate surface area is 116 Å². The van der Waals surface area contributed by atoms with Gasteiger partial charge in [0, 0.05) is 0 Å². The van der Waals surface area contributed by atoms with E-state index in [1.54, 1.807) is 0 Å². The van der Waals surface area contributed by atoms with Crippen molar-refractivity contribution >= 4 is 6.41 Å². The lowest BCUT2D eigenvalue weighted by atomic mass is 10.0. The second kappa shape index (κ2) is 7.29. The summed E-state index contributed by atoms with van der Waals surface area (Å²) in [5.74, 6) is 0. The normalized spacial score (nSPS) is 11.4. The molecule has 0 aromatic heterocycles. The number of unbranched alkanes of at least 4 members (excludes halogenated alkanes) is 1. The van der Waals surface area contributed by atoms with Gasteiger partial charge in [-0.25, -0.2) is 5.06 Å². The number of hydroxylamine groups is 2. The van der Waals surface area contributed by atoms with Gasteiger partial charge in [-0.3, -0.25) is 9.63 Å². The fourth-order valence-electron chi connectivity index (χ4n) is 1.93. The van der Waals surface area contributed by atoms with Gasteiger partial charge in [0.05, 0.1) is 12.1 Å². The summed E-state index contributed by atoms with van der Waals surface area (Å²) in [5, 5.41) is 1.38. The predicted molar refractivity (Wildman–Crippen MR) is 77.5 cm³/mol. The van der Waals surface area contributed by atoms with E-state index in [-0.39, 0.29) is 5.60 Å². The van der Waals surface area contributed by atoms with E-state index in [4.69, 9.17) is 4.84 Å². The zero-order chi connectivity index (χ0) is 14.3. The molecular formula is C16H25NO2. The maximum Gasteiger partial charge on any atom is 0.233 e. The van der Waals surface area contributed by atoms with Gasteiger partial charge in [-0.1, -0.05) is 37.6 Å². The second-order valence-corrected chi connectivity index (χ2v) is 5.76. The largest absolute Gasteiger partial charge is 0.276 e. The highest BCUT2D eigenvalue weighted by Crippen LogP contribution is 2.17. The molecule has 0 fully saturated rings. The number of carbonyl (C=O) groups excluding carboxylic acids is 1. The summed E-state index contributed by atoms with van der Waals surface area (Å²) in [4.78, 5) is 16.7. The van der Waals surface area contributed by atoms with Crippen LogP contribution in [0.1, 0.15) is 51.7 Å². The Bertz CT molecular complexity index is 396. The van der Waals surface area contributed by atoms with Crippen LogP contribution in [0.4, 0.5) is 0 Å². The SMILES string of the molecule is CCCCc1ccccc1CN(C=O)OC(C)(C)C. The minimum Gasteiger partial charge on any atom is -0.276 e. The molecule has 19 heavy (non-hydrogen) atoms. The van der Waals surface area contributed by atoms with Crippen molar-refractivity contribution in [2.45, 2.75) is 59.1 Å². The highest BCUT2D eigenvalue weighted by molar-refractivity contribution is 5.46. The quantitative estimate of drug-likeness (QED) is 0.554. The second-order valence-electron chi connectivity index (χ2n) is 5.76. The number of hydrogen-bond donors (Lipinski definition) is 0. The number of hydrogen-bond acceptors (Lipinski definition) is 2. The molecule has 1 amide bonds. The lowest BCUT2D eigenvalue weighted by molar-refractivity contribution is -0.220. The van der Waals surface area contributed by atoms with Gasteiger partial charge in [0.1, 0.15) is 0 Å². The molecular weight excluding hydrogens is 238 g/mol. The highest BCUT2D eigenvalue weighted by atomic mass is 16.7. The molecule has 1 rings (SSSR count). The fraction of sp³-hybridized carbons (Fsp3) is 0.562. The van der Waals surface area contributed by atoms with Crippen LogP contribution in [-0.2, 0) is 22.6 Å². The van der Waals surface area contributed by atoms with Crippen molar-refractivity contribution < 1.29 is 9.63 Å². The molecule has 0 N–H and O–H groups in total. The third-order valence-electron chi connectivity index (χ3n) is 2.75. The van der Waals surface area contributed by atoms with Crippen LogP contribution >= 0.6 is 0 Å². The summed E-state index contributed by atoms with van der Waals surface area (Å²) in [6, 6.07) is 8.24. The van der Waals surface area contributed by atoms with Crippen LogP contribution in [0, 0.1) is 0 Å². The van der Waals surface area contributed by atoms with E-state index in [2.05, 4.69) is 19.1 Å².